The third kappa shape index (κ3) is 8.32. The normalized spacial score (nSPS) is 28.8. The molecule has 53 heavy (non-hydrogen) atoms. The van der Waals surface area contributed by atoms with Gasteiger partial charge in [-0.1, -0.05) is 36.6 Å². The van der Waals surface area contributed by atoms with Crippen LogP contribution in [-0.2, 0) is 29.1 Å². The number of hydrogen-bond acceptors (Lipinski definition) is 11. The Kier molecular flexibility index (Phi) is 10.7. The maximum Gasteiger partial charge on any atom is 0.408 e. The van der Waals surface area contributed by atoms with E-state index in [4.69, 9.17) is 25.8 Å². The van der Waals surface area contributed by atoms with Gasteiger partial charge in [0, 0.05) is 18.4 Å². The lowest BCUT2D eigenvalue weighted by Crippen LogP contribution is -2.58. The Morgan fingerprint density at radius 1 is 1.00 bits per heavy atom. The first-order valence-electron chi connectivity index (χ1n) is 18.5. The molecule has 3 saturated carbocycles. The molecule has 2 aromatic rings. The van der Waals surface area contributed by atoms with E-state index in [-0.39, 0.29) is 36.5 Å². The van der Waals surface area contributed by atoms with E-state index in [0.717, 1.165) is 38.5 Å². The Labute approximate surface area is 313 Å². The molecule has 1 aromatic heterocycles. The van der Waals surface area contributed by atoms with E-state index in [9.17, 15) is 27.6 Å². The van der Waals surface area contributed by atoms with Crippen molar-refractivity contribution in [2.45, 2.75) is 119 Å². The number of ether oxygens (including phenoxy) is 3. The Morgan fingerprint density at radius 2 is 1.77 bits per heavy atom. The molecule has 5 atom stereocenters. The molecule has 5 aliphatic rings. The highest BCUT2D eigenvalue weighted by molar-refractivity contribution is 7.91. The molecule has 4 fully saturated rings. The molecule has 7 rings (SSSR count). The Bertz CT molecular complexity index is 1900. The van der Waals surface area contributed by atoms with E-state index < -0.39 is 68.7 Å². The van der Waals surface area contributed by atoms with Crippen LogP contribution in [0.2, 0.25) is 5.15 Å². The number of amides is 4. The molecule has 3 aliphatic carbocycles. The zero-order valence-corrected chi connectivity index (χ0v) is 31.1. The standard InChI is InChI=1S/C36H45ClN6O9S/c1-50-23-13-16-26-28(17-23)39-32(30(37)38-26)51-24-18-29-31(44)41-36(34(46)42-53(48,49)25-14-15-25)19-21(36)9-5-3-2-4-6-12-27(33(45)43(29)20-24)40-35(47)52-22-10-7-8-11-22/h5,9,13,16-17,21-22,24-25,27,29H,2-4,6-8,10-12,14-15,18-20H2,1H3,(H,40,47)(H,41,44)(H,42,46)/b9-5-/t21-,24-,27+,29+,36-/m1/s1. The lowest BCUT2D eigenvalue weighted by atomic mass is 10.0. The highest BCUT2D eigenvalue weighted by Crippen LogP contribution is 2.46. The second-order valence-corrected chi connectivity index (χ2v) is 17.0. The number of fused-ring (bicyclic) bond motifs is 3. The van der Waals surface area contributed by atoms with E-state index >= 15 is 0 Å². The summed E-state index contributed by atoms with van der Waals surface area (Å²) in [5.74, 6) is -1.85. The minimum Gasteiger partial charge on any atom is -0.497 e. The van der Waals surface area contributed by atoms with Gasteiger partial charge >= 0.3 is 6.09 Å². The summed E-state index contributed by atoms with van der Waals surface area (Å²) in [7, 11) is -2.37. The van der Waals surface area contributed by atoms with E-state index in [1.165, 1.54) is 12.0 Å². The molecule has 15 nitrogen and oxygen atoms in total. The van der Waals surface area contributed by atoms with Gasteiger partial charge < -0.3 is 29.7 Å². The molecule has 0 unspecified atom stereocenters. The van der Waals surface area contributed by atoms with Gasteiger partial charge in [-0.2, -0.15) is 0 Å². The van der Waals surface area contributed by atoms with Crippen LogP contribution in [0.15, 0.2) is 30.4 Å². The zero-order valence-electron chi connectivity index (χ0n) is 29.6. The monoisotopic (exact) mass is 772 g/mol. The predicted octanol–water partition coefficient (Wildman–Crippen LogP) is 3.68. The highest BCUT2D eigenvalue weighted by Gasteiger charge is 2.62. The number of benzene rings is 1. The number of rotatable bonds is 8. The van der Waals surface area contributed by atoms with Gasteiger partial charge in [-0.15, -0.1) is 0 Å². The number of nitrogens with zero attached hydrogens (tertiary/aromatic N) is 3. The van der Waals surface area contributed by atoms with Crippen molar-refractivity contribution < 1.29 is 41.8 Å². The fourth-order valence-electron chi connectivity index (χ4n) is 7.54. The number of aromatic nitrogens is 2. The molecular weight excluding hydrogens is 728 g/mol. The minimum atomic E-state index is -3.90. The van der Waals surface area contributed by atoms with Gasteiger partial charge in [0.1, 0.15) is 35.6 Å². The Hall–Kier alpha value is -4.18. The molecule has 3 N–H and O–H groups in total. The Balaban J connectivity index is 1.17. The first-order valence-corrected chi connectivity index (χ1v) is 20.4. The summed E-state index contributed by atoms with van der Waals surface area (Å²) in [6, 6.07) is 2.97. The minimum absolute atomic E-state index is 0.00337. The zero-order chi connectivity index (χ0) is 37.3. The second-order valence-electron chi connectivity index (χ2n) is 14.7. The van der Waals surface area contributed by atoms with E-state index in [1.54, 1.807) is 18.2 Å². The number of carbonyl (C=O) groups is 4. The molecule has 2 aliphatic heterocycles. The maximum absolute atomic E-state index is 14.4. The molecule has 0 spiro atoms. The molecule has 4 amide bonds. The number of methoxy groups -OCH3 is 1. The molecule has 1 saturated heterocycles. The molecule has 0 bridgehead atoms. The largest absolute Gasteiger partial charge is 0.497 e. The fraction of sp³-hybridized carbons (Fsp3) is 0.611. The summed E-state index contributed by atoms with van der Waals surface area (Å²) in [6.45, 7) is -0.0699. The van der Waals surface area contributed by atoms with Crippen molar-refractivity contribution in [2.75, 3.05) is 13.7 Å². The van der Waals surface area contributed by atoms with Gasteiger partial charge in [0.2, 0.25) is 21.8 Å². The molecule has 1 aromatic carbocycles. The first kappa shape index (κ1) is 37.1. The van der Waals surface area contributed by atoms with Crippen molar-refractivity contribution in [3.05, 3.63) is 35.5 Å². The van der Waals surface area contributed by atoms with Crippen LogP contribution < -0.4 is 24.8 Å². The lowest BCUT2D eigenvalue weighted by Gasteiger charge is -2.30. The summed E-state index contributed by atoms with van der Waals surface area (Å²) in [6.07, 6.45) is 9.87. The molecule has 286 valence electrons. The van der Waals surface area contributed by atoms with Crippen LogP contribution in [-0.4, -0.2) is 95.8 Å². The second kappa shape index (κ2) is 15.3. The van der Waals surface area contributed by atoms with E-state index in [1.807, 2.05) is 12.2 Å². The van der Waals surface area contributed by atoms with Crippen molar-refractivity contribution >= 4 is 56.5 Å². The summed E-state index contributed by atoms with van der Waals surface area (Å²) < 4.78 is 45.0. The fourth-order valence-corrected chi connectivity index (χ4v) is 9.08. The van der Waals surface area contributed by atoms with Gasteiger partial charge in [0.05, 0.1) is 29.9 Å². The average Bonchev–Trinajstić information content (AvgIpc) is 4.00. The molecule has 3 heterocycles. The first-order chi connectivity index (χ1) is 25.5. The van der Waals surface area contributed by atoms with Gasteiger partial charge in [-0.25, -0.2) is 23.2 Å². The van der Waals surface area contributed by atoms with Gasteiger partial charge in [-0.05, 0) is 76.3 Å². The van der Waals surface area contributed by atoms with Crippen molar-refractivity contribution in [3.8, 4) is 11.6 Å². The number of carbonyl (C=O) groups excluding carboxylic acids is 4. The number of halogens is 1. The van der Waals surface area contributed by atoms with Gasteiger partial charge in [0.15, 0.2) is 5.15 Å². The van der Waals surface area contributed by atoms with Crippen LogP contribution in [0.4, 0.5) is 4.79 Å². The van der Waals surface area contributed by atoms with Crippen molar-refractivity contribution in [3.63, 3.8) is 0 Å². The number of alkyl carbamates (subject to hydrolysis) is 1. The van der Waals surface area contributed by atoms with Crippen LogP contribution in [0.25, 0.3) is 11.0 Å². The third-order valence-corrected chi connectivity index (χ3v) is 12.9. The SMILES string of the molecule is COc1ccc2nc(Cl)c(O[C@@H]3C[C@H]4C(=O)N[C@]5(C(=O)NS(=O)(=O)C6CC6)C[C@H]5/C=C\CCCCC[C@H](NC(=O)OC5CCCC5)C(=O)N4C3)nc2c1. The van der Waals surface area contributed by atoms with Gasteiger partial charge in [-0.3, -0.25) is 19.1 Å². The molecule has 0 radical (unpaired) electrons. The maximum atomic E-state index is 14.4. The van der Waals surface area contributed by atoms with E-state index in [0.29, 0.717) is 48.9 Å². The predicted molar refractivity (Wildman–Crippen MR) is 193 cm³/mol. The number of hydrogen-bond donors (Lipinski definition) is 3. The van der Waals surface area contributed by atoms with Gasteiger partial charge in [0.25, 0.3) is 11.8 Å². The van der Waals surface area contributed by atoms with E-state index in [2.05, 4.69) is 25.3 Å². The van der Waals surface area contributed by atoms with Crippen molar-refractivity contribution in [1.29, 1.82) is 0 Å². The summed E-state index contributed by atoms with van der Waals surface area (Å²) >= 11 is 6.50. The van der Waals surface area contributed by atoms with Crippen molar-refractivity contribution in [1.82, 2.24) is 30.2 Å². The quantitative estimate of drug-likeness (QED) is 0.331. The van der Waals surface area contributed by atoms with Crippen LogP contribution in [0.3, 0.4) is 0 Å². The summed E-state index contributed by atoms with van der Waals surface area (Å²) in [5, 5.41) is 4.98. The number of allylic oxidation sites excluding steroid dienone is 1. The van der Waals surface area contributed by atoms with Crippen LogP contribution in [0.1, 0.15) is 83.5 Å². The third-order valence-electron chi connectivity index (χ3n) is 10.8. The van der Waals surface area contributed by atoms with Crippen LogP contribution >= 0.6 is 11.6 Å². The topological polar surface area (TPSA) is 195 Å². The highest BCUT2D eigenvalue weighted by atomic mass is 35.5. The molecular formula is C36H45ClN6O9S. The number of sulfonamides is 1. The van der Waals surface area contributed by atoms with Crippen LogP contribution in [0.5, 0.6) is 11.6 Å². The number of nitrogens with one attached hydrogen (secondary N) is 3. The summed E-state index contributed by atoms with van der Waals surface area (Å²) in [5.41, 5.74) is -0.550. The smallest absolute Gasteiger partial charge is 0.408 e. The van der Waals surface area contributed by atoms with Crippen LogP contribution in [0, 0.1) is 5.92 Å². The van der Waals surface area contributed by atoms with Crippen molar-refractivity contribution in [2.24, 2.45) is 5.92 Å². The lowest BCUT2D eigenvalue weighted by molar-refractivity contribution is -0.141. The average molecular weight is 773 g/mol. The molecule has 17 heteroatoms. The summed E-state index contributed by atoms with van der Waals surface area (Å²) in [4.78, 5) is 65.8. The Morgan fingerprint density at radius 3 is 2.53 bits per heavy atom.